The van der Waals surface area contributed by atoms with Crippen molar-refractivity contribution in [2.75, 3.05) is 19.8 Å². The van der Waals surface area contributed by atoms with Gasteiger partial charge in [-0.2, -0.15) is 0 Å². The van der Waals surface area contributed by atoms with Crippen LogP contribution in [0.25, 0.3) is 0 Å². The van der Waals surface area contributed by atoms with Gasteiger partial charge < -0.3 is 9.80 Å². The normalized spacial score (nSPS) is 14.9. The van der Waals surface area contributed by atoms with E-state index in [1.54, 1.807) is 0 Å². The topological polar surface area (TPSA) is 6.48 Å². The van der Waals surface area contributed by atoms with E-state index in [1.807, 2.05) is 0 Å². The van der Waals surface area contributed by atoms with Gasteiger partial charge in [0.15, 0.2) is 0 Å². The van der Waals surface area contributed by atoms with Gasteiger partial charge in [-0.25, -0.2) is 0 Å². The molecule has 17 heavy (non-hydrogen) atoms. The van der Waals surface area contributed by atoms with Crippen molar-refractivity contribution >= 4 is 0 Å². The summed E-state index contributed by atoms with van der Waals surface area (Å²) in [6.45, 7) is 8.08. The van der Waals surface area contributed by atoms with E-state index in [0.717, 1.165) is 6.67 Å². The van der Waals surface area contributed by atoms with Gasteiger partial charge in [-0.1, -0.05) is 52.4 Å². The maximum absolute atomic E-state index is 2.45. The lowest BCUT2D eigenvalue weighted by Crippen LogP contribution is -2.26. The molecule has 0 saturated heterocycles. The first-order valence-electron chi connectivity index (χ1n) is 7.53. The molecule has 0 spiro atoms. The van der Waals surface area contributed by atoms with Crippen molar-refractivity contribution in [2.24, 2.45) is 0 Å². The molecule has 0 bridgehead atoms. The molecule has 0 amide bonds. The summed E-state index contributed by atoms with van der Waals surface area (Å²) in [7, 11) is 0. The van der Waals surface area contributed by atoms with Crippen molar-refractivity contribution < 1.29 is 0 Å². The summed E-state index contributed by atoms with van der Waals surface area (Å²) in [5.74, 6) is 0. The predicted molar refractivity (Wildman–Crippen MR) is 75.7 cm³/mol. The zero-order valence-electron chi connectivity index (χ0n) is 11.8. The second-order valence-corrected chi connectivity index (χ2v) is 5.19. The Morgan fingerprint density at radius 2 is 1.29 bits per heavy atom. The van der Waals surface area contributed by atoms with Gasteiger partial charge in [0.1, 0.15) is 0 Å². The van der Waals surface area contributed by atoms with Crippen molar-refractivity contribution in [1.82, 2.24) is 9.80 Å². The number of rotatable bonds is 10. The summed E-state index contributed by atoms with van der Waals surface area (Å²) in [6, 6.07) is 0. The highest BCUT2D eigenvalue weighted by Gasteiger charge is 2.09. The molecule has 2 nitrogen and oxygen atoms in total. The van der Waals surface area contributed by atoms with E-state index >= 15 is 0 Å². The molecule has 1 aliphatic heterocycles. The molecule has 1 heterocycles. The van der Waals surface area contributed by atoms with Crippen molar-refractivity contribution in [2.45, 2.75) is 65.2 Å². The van der Waals surface area contributed by atoms with Crippen LogP contribution in [0.5, 0.6) is 0 Å². The van der Waals surface area contributed by atoms with Crippen molar-refractivity contribution in [3.8, 4) is 0 Å². The van der Waals surface area contributed by atoms with Gasteiger partial charge in [-0.3, -0.25) is 0 Å². The van der Waals surface area contributed by atoms with Gasteiger partial charge in [0.25, 0.3) is 0 Å². The zero-order valence-corrected chi connectivity index (χ0v) is 11.8. The lowest BCUT2D eigenvalue weighted by Gasteiger charge is -2.20. The van der Waals surface area contributed by atoms with Crippen LogP contribution in [0.3, 0.4) is 0 Å². The van der Waals surface area contributed by atoms with Crippen molar-refractivity contribution in [3.63, 3.8) is 0 Å². The van der Waals surface area contributed by atoms with Crippen LogP contribution in [0, 0.1) is 0 Å². The Morgan fingerprint density at radius 1 is 0.706 bits per heavy atom. The van der Waals surface area contributed by atoms with Crippen LogP contribution < -0.4 is 0 Å². The molecule has 1 aliphatic rings. The van der Waals surface area contributed by atoms with E-state index in [4.69, 9.17) is 0 Å². The van der Waals surface area contributed by atoms with Gasteiger partial charge >= 0.3 is 0 Å². The minimum atomic E-state index is 1.11. The third-order valence-electron chi connectivity index (χ3n) is 3.41. The predicted octanol–water partition coefficient (Wildman–Crippen LogP) is 4.19. The van der Waals surface area contributed by atoms with Crippen LogP contribution in [-0.4, -0.2) is 29.6 Å². The van der Waals surface area contributed by atoms with Gasteiger partial charge in [0.05, 0.1) is 6.67 Å². The number of hydrogen-bond donors (Lipinski definition) is 0. The van der Waals surface area contributed by atoms with Crippen LogP contribution in [-0.2, 0) is 0 Å². The minimum Gasteiger partial charge on any atom is -0.359 e. The number of hydrogen-bond acceptors (Lipinski definition) is 2. The Morgan fingerprint density at radius 3 is 1.94 bits per heavy atom. The van der Waals surface area contributed by atoms with Gasteiger partial charge in [0.2, 0.25) is 0 Å². The van der Waals surface area contributed by atoms with Crippen LogP contribution in [0.4, 0.5) is 0 Å². The van der Waals surface area contributed by atoms with E-state index in [0.29, 0.717) is 0 Å². The average Bonchev–Trinajstić information content (AvgIpc) is 2.76. The summed E-state index contributed by atoms with van der Waals surface area (Å²) in [5, 5.41) is 0. The van der Waals surface area contributed by atoms with E-state index in [9.17, 15) is 0 Å². The molecule has 0 aliphatic carbocycles. The summed E-state index contributed by atoms with van der Waals surface area (Å²) in [5.41, 5.74) is 0. The smallest absolute Gasteiger partial charge is 0.0893 e. The van der Waals surface area contributed by atoms with Crippen LogP contribution in [0.15, 0.2) is 12.4 Å². The fourth-order valence-electron chi connectivity index (χ4n) is 2.37. The Balaban J connectivity index is 1.89. The Kier molecular flexibility index (Phi) is 7.94. The number of nitrogens with zero attached hydrogens (tertiary/aromatic N) is 2. The van der Waals surface area contributed by atoms with Crippen molar-refractivity contribution in [1.29, 1.82) is 0 Å². The molecule has 0 aromatic rings. The summed E-state index contributed by atoms with van der Waals surface area (Å²) in [4.78, 5) is 4.85. The maximum atomic E-state index is 2.45. The van der Waals surface area contributed by atoms with E-state index in [2.05, 4.69) is 36.0 Å². The second-order valence-electron chi connectivity index (χ2n) is 5.19. The summed E-state index contributed by atoms with van der Waals surface area (Å²) < 4.78 is 0. The quantitative estimate of drug-likeness (QED) is 0.526. The largest absolute Gasteiger partial charge is 0.359 e. The van der Waals surface area contributed by atoms with Crippen LogP contribution >= 0.6 is 0 Å². The standard InChI is InChI=1S/C15H30N2/c1-3-5-6-7-8-9-10-12-17-14-13-16(15-17)11-4-2/h13-14H,3-12,15H2,1-2H3. The summed E-state index contributed by atoms with van der Waals surface area (Å²) >= 11 is 0. The first-order chi connectivity index (χ1) is 8.36. The summed E-state index contributed by atoms with van der Waals surface area (Å²) in [6.07, 6.45) is 15.6. The van der Waals surface area contributed by atoms with E-state index < -0.39 is 0 Å². The monoisotopic (exact) mass is 238 g/mol. The fourth-order valence-corrected chi connectivity index (χ4v) is 2.37. The maximum Gasteiger partial charge on any atom is 0.0893 e. The van der Waals surface area contributed by atoms with E-state index in [1.165, 1.54) is 64.5 Å². The number of unbranched alkanes of at least 4 members (excludes halogenated alkanes) is 6. The van der Waals surface area contributed by atoms with Crippen LogP contribution in [0.1, 0.15) is 65.2 Å². The first kappa shape index (κ1) is 14.4. The highest BCUT2D eigenvalue weighted by atomic mass is 15.3. The molecule has 0 aromatic heterocycles. The molecule has 0 atom stereocenters. The van der Waals surface area contributed by atoms with Gasteiger partial charge in [-0.15, -0.1) is 0 Å². The lowest BCUT2D eigenvalue weighted by molar-refractivity contribution is 0.261. The fraction of sp³-hybridized carbons (Fsp3) is 0.867. The Labute approximate surface area is 108 Å². The molecule has 1 rings (SSSR count). The molecule has 0 radical (unpaired) electrons. The molecule has 0 aromatic carbocycles. The molecule has 0 N–H and O–H groups in total. The molecule has 2 heteroatoms. The lowest BCUT2D eigenvalue weighted by atomic mass is 10.1. The molecule has 0 unspecified atom stereocenters. The van der Waals surface area contributed by atoms with Crippen LogP contribution in [0.2, 0.25) is 0 Å². The van der Waals surface area contributed by atoms with Gasteiger partial charge in [0, 0.05) is 25.5 Å². The SMILES string of the molecule is CCCCCCCCCN1C=CN(CCC)C1. The average molecular weight is 238 g/mol. The molecular formula is C15H30N2. The molecule has 0 fully saturated rings. The zero-order chi connectivity index (χ0) is 12.3. The minimum absolute atomic E-state index is 1.11. The Hall–Kier alpha value is -0.660. The second kappa shape index (κ2) is 9.38. The van der Waals surface area contributed by atoms with Crippen molar-refractivity contribution in [3.05, 3.63) is 12.4 Å². The molecule has 100 valence electrons. The van der Waals surface area contributed by atoms with Gasteiger partial charge in [-0.05, 0) is 12.8 Å². The third-order valence-corrected chi connectivity index (χ3v) is 3.41. The third kappa shape index (κ3) is 6.60. The highest BCUT2D eigenvalue weighted by Crippen LogP contribution is 2.11. The molecule has 0 saturated carbocycles. The molecular weight excluding hydrogens is 208 g/mol. The van der Waals surface area contributed by atoms with E-state index in [-0.39, 0.29) is 0 Å². The Bertz CT molecular complexity index is 201. The first-order valence-corrected chi connectivity index (χ1v) is 7.53. The highest BCUT2D eigenvalue weighted by molar-refractivity contribution is 4.89.